The van der Waals surface area contributed by atoms with Crippen molar-refractivity contribution in [3.8, 4) is 6.07 Å². The van der Waals surface area contributed by atoms with E-state index >= 15 is 0 Å². The molecule has 2 heterocycles. The zero-order chi connectivity index (χ0) is 21.5. The van der Waals surface area contributed by atoms with Gasteiger partial charge in [0.1, 0.15) is 0 Å². The number of nitrogens with zero attached hydrogens (tertiary/aromatic N) is 6. The Kier molecular flexibility index (Phi) is 7.61. The molecule has 8 heteroatoms. The van der Waals surface area contributed by atoms with E-state index in [0.29, 0.717) is 17.6 Å². The highest BCUT2D eigenvalue weighted by atomic mass is 35.5. The normalized spacial score (nSPS) is 16.0. The van der Waals surface area contributed by atoms with E-state index in [0.717, 1.165) is 43.0 Å². The first-order chi connectivity index (χ1) is 14.5. The number of hydrogen-bond donors (Lipinski definition) is 0. The Hall–Kier alpha value is -2.69. The maximum atomic E-state index is 13.1. The van der Waals surface area contributed by atoms with Crippen LogP contribution in [0, 0.1) is 18.3 Å². The van der Waals surface area contributed by atoms with E-state index in [2.05, 4.69) is 21.2 Å². The summed E-state index contributed by atoms with van der Waals surface area (Å²) in [6, 6.07) is 11.8. The summed E-state index contributed by atoms with van der Waals surface area (Å²) < 4.78 is 0. The minimum absolute atomic E-state index is 0.0291. The lowest BCUT2D eigenvalue weighted by atomic mass is 10.2. The maximum Gasteiger partial charge on any atom is 0.241 e. The van der Waals surface area contributed by atoms with Gasteiger partial charge in [0.2, 0.25) is 5.91 Å². The van der Waals surface area contributed by atoms with Gasteiger partial charge in [0.05, 0.1) is 19.0 Å². The lowest BCUT2D eigenvalue weighted by Gasteiger charge is -2.30. The minimum atomic E-state index is -0.0291. The van der Waals surface area contributed by atoms with Gasteiger partial charge in [0.25, 0.3) is 0 Å². The van der Waals surface area contributed by atoms with Crippen molar-refractivity contribution in [1.29, 1.82) is 5.26 Å². The van der Waals surface area contributed by atoms with Gasteiger partial charge >= 0.3 is 0 Å². The van der Waals surface area contributed by atoms with E-state index in [1.165, 1.54) is 0 Å². The third-order valence-electron chi connectivity index (χ3n) is 5.36. The van der Waals surface area contributed by atoms with Crippen molar-refractivity contribution >= 4 is 29.0 Å². The molecule has 1 atom stereocenters. The molecule has 30 heavy (non-hydrogen) atoms. The molecule has 1 saturated heterocycles. The SMILES string of the molecule is Cc1cc(N(CCC#N)C(=O)CN(C)CC2CCCN2c2cccnn2)ccc1Cl. The van der Waals surface area contributed by atoms with Gasteiger partial charge in [-0.05, 0) is 62.7 Å². The highest BCUT2D eigenvalue weighted by Crippen LogP contribution is 2.25. The van der Waals surface area contributed by atoms with Crippen LogP contribution >= 0.6 is 11.6 Å². The third kappa shape index (κ3) is 5.47. The average Bonchev–Trinajstić information content (AvgIpc) is 3.19. The molecule has 1 aliphatic heterocycles. The van der Waals surface area contributed by atoms with Gasteiger partial charge in [0.15, 0.2) is 5.82 Å². The molecule has 0 N–H and O–H groups in total. The molecule has 0 saturated carbocycles. The van der Waals surface area contributed by atoms with Gasteiger partial charge in [-0.3, -0.25) is 9.69 Å². The Morgan fingerprint density at radius 3 is 2.93 bits per heavy atom. The van der Waals surface area contributed by atoms with Crippen molar-refractivity contribution in [3.63, 3.8) is 0 Å². The van der Waals surface area contributed by atoms with E-state index in [4.69, 9.17) is 16.9 Å². The predicted molar refractivity (Wildman–Crippen MR) is 119 cm³/mol. The number of aromatic nitrogens is 2. The van der Waals surface area contributed by atoms with Crippen molar-refractivity contribution in [2.24, 2.45) is 0 Å². The maximum absolute atomic E-state index is 13.1. The predicted octanol–water partition coefficient (Wildman–Crippen LogP) is 3.29. The summed E-state index contributed by atoms with van der Waals surface area (Å²) in [5, 5.41) is 17.9. The number of halogens is 1. The third-order valence-corrected chi connectivity index (χ3v) is 5.78. The molecule has 0 spiro atoms. The first-order valence-corrected chi connectivity index (χ1v) is 10.5. The van der Waals surface area contributed by atoms with Crippen LogP contribution in [0.15, 0.2) is 36.5 Å². The van der Waals surface area contributed by atoms with Crippen LogP contribution in [-0.2, 0) is 4.79 Å². The lowest BCUT2D eigenvalue weighted by Crippen LogP contribution is -2.44. The van der Waals surface area contributed by atoms with E-state index in [-0.39, 0.29) is 18.9 Å². The smallest absolute Gasteiger partial charge is 0.241 e. The van der Waals surface area contributed by atoms with Crippen LogP contribution in [0.25, 0.3) is 0 Å². The summed E-state index contributed by atoms with van der Waals surface area (Å²) >= 11 is 6.13. The molecule has 0 radical (unpaired) electrons. The number of nitriles is 1. The zero-order valence-corrected chi connectivity index (χ0v) is 18.2. The molecular weight excluding hydrogens is 400 g/mol. The van der Waals surface area contributed by atoms with Crippen molar-refractivity contribution in [2.45, 2.75) is 32.2 Å². The molecule has 1 amide bonds. The fourth-order valence-electron chi connectivity index (χ4n) is 3.87. The van der Waals surface area contributed by atoms with E-state index in [1.807, 2.05) is 43.1 Å². The minimum Gasteiger partial charge on any atom is -0.351 e. The second kappa shape index (κ2) is 10.4. The molecule has 0 bridgehead atoms. The molecular formula is C22H27ClN6O. The number of benzene rings is 1. The molecule has 2 aromatic rings. The van der Waals surface area contributed by atoms with Crippen molar-refractivity contribution in [2.75, 3.05) is 43.0 Å². The topological polar surface area (TPSA) is 76.4 Å². The summed E-state index contributed by atoms with van der Waals surface area (Å²) in [7, 11) is 1.96. The number of aryl methyl sites for hydroxylation is 1. The Labute approximate surface area is 182 Å². The molecule has 1 aliphatic rings. The first kappa shape index (κ1) is 22.0. The monoisotopic (exact) mass is 426 g/mol. The number of likely N-dealkylation sites (N-methyl/N-ethyl adjacent to an activating group) is 1. The van der Waals surface area contributed by atoms with Gasteiger partial charge in [-0.25, -0.2) is 0 Å². The molecule has 7 nitrogen and oxygen atoms in total. The second-order valence-electron chi connectivity index (χ2n) is 7.66. The Morgan fingerprint density at radius 1 is 1.40 bits per heavy atom. The number of amides is 1. The van der Waals surface area contributed by atoms with Crippen LogP contribution in [0.5, 0.6) is 0 Å². The molecule has 1 unspecified atom stereocenters. The Morgan fingerprint density at radius 2 is 2.23 bits per heavy atom. The fourth-order valence-corrected chi connectivity index (χ4v) is 3.99. The highest BCUT2D eigenvalue weighted by Gasteiger charge is 2.28. The number of rotatable bonds is 8. The summed E-state index contributed by atoms with van der Waals surface area (Å²) in [6.45, 7) is 4.25. The first-order valence-electron chi connectivity index (χ1n) is 10.2. The van der Waals surface area contributed by atoms with Crippen LogP contribution in [0.2, 0.25) is 5.02 Å². The summed E-state index contributed by atoms with van der Waals surface area (Å²) in [4.78, 5) is 19.1. The quantitative estimate of drug-likeness (QED) is 0.644. The molecule has 1 aromatic carbocycles. The summed E-state index contributed by atoms with van der Waals surface area (Å²) in [5.41, 5.74) is 1.68. The molecule has 0 aliphatic carbocycles. The Bertz CT molecular complexity index is 900. The largest absolute Gasteiger partial charge is 0.351 e. The lowest BCUT2D eigenvalue weighted by molar-refractivity contribution is -0.119. The summed E-state index contributed by atoms with van der Waals surface area (Å²) in [6.07, 6.45) is 4.11. The van der Waals surface area contributed by atoms with E-state index < -0.39 is 0 Å². The molecule has 158 valence electrons. The molecule has 3 rings (SSSR count). The van der Waals surface area contributed by atoms with Gasteiger partial charge < -0.3 is 9.80 Å². The number of hydrogen-bond acceptors (Lipinski definition) is 6. The number of anilines is 2. The van der Waals surface area contributed by atoms with Crippen LogP contribution in [0.3, 0.4) is 0 Å². The zero-order valence-electron chi connectivity index (χ0n) is 17.5. The average molecular weight is 427 g/mol. The van der Waals surface area contributed by atoms with Crippen molar-refractivity contribution in [3.05, 3.63) is 47.1 Å². The van der Waals surface area contributed by atoms with Crippen LogP contribution in [0.1, 0.15) is 24.8 Å². The molecule has 1 aromatic heterocycles. The van der Waals surface area contributed by atoms with Gasteiger partial charge in [-0.1, -0.05) is 11.6 Å². The number of carbonyl (C=O) groups excluding carboxylic acids is 1. The van der Waals surface area contributed by atoms with Gasteiger partial charge in [-0.2, -0.15) is 10.4 Å². The van der Waals surface area contributed by atoms with Crippen molar-refractivity contribution in [1.82, 2.24) is 15.1 Å². The van der Waals surface area contributed by atoms with Crippen LogP contribution in [0.4, 0.5) is 11.5 Å². The molecule has 1 fully saturated rings. The summed E-state index contributed by atoms with van der Waals surface area (Å²) in [5.74, 6) is 0.852. The second-order valence-corrected chi connectivity index (χ2v) is 8.06. The van der Waals surface area contributed by atoms with Crippen LogP contribution < -0.4 is 9.80 Å². The number of carbonyl (C=O) groups is 1. The van der Waals surface area contributed by atoms with Gasteiger partial charge in [0, 0.05) is 42.6 Å². The van der Waals surface area contributed by atoms with Crippen molar-refractivity contribution < 1.29 is 4.79 Å². The Balaban J connectivity index is 1.66. The van der Waals surface area contributed by atoms with E-state index in [1.54, 1.807) is 17.2 Å². The van der Waals surface area contributed by atoms with Crippen LogP contribution in [-0.4, -0.2) is 60.3 Å². The standard InChI is InChI=1S/C22H27ClN6O/c1-17-14-18(8-9-20(17)23)29(13-5-10-24)22(30)16-27(2)15-19-6-4-12-28(19)21-7-3-11-25-26-21/h3,7-9,11,14,19H,4-6,12-13,15-16H2,1-2H3. The van der Waals surface area contributed by atoms with E-state index in [9.17, 15) is 4.79 Å². The highest BCUT2D eigenvalue weighted by molar-refractivity contribution is 6.31. The van der Waals surface area contributed by atoms with Gasteiger partial charge in [-0.15, -0.1) is 5.10 Å². The fraction of sp³-hybridized carbons (Fsp3) is 0.455.